The molecule has 2 aromatic rings. The summed E-state index contributed by atoms with van der Waals surface area (Å²) in [6.45, 7) is 1.62. The molecule has 0 aliphatic rings. The fourth-order valence-corrected chi connectivity index (χ4v) is 1.64. The molecule has 104 valence electrons. The molecule has 0 bridgehead atoms. The topological polar surface area (TPSA) is 103 Å². The molecule has 1 heterocycles. The first-order valence-corrected chi connectivity index (χ1v) is 5.89. The van der Waals surface area contributed by atoms with Crippen molar-refractivity contribution >= 4 is 23.2 Å². The molecule has 0 aliphatic carbocycles. The number of anilines is 1. The smallest absolute Gasteiger partial charge is 0.328 e. The van der Waals surface area contributed by atoms with E-state index in [4.69, 9.17) is 16.3 Å². The second kappa shape index (κ2) is 5.66. The van der Waals surface area contributed by atoms with Crippen LogP contribution in [0.25, 0.3) is 0 Å². The summed E-state index contributed by atoms with van der Waals surface area (Å²) in [7, 11) is 1.63. The summed E-state index contributed by atoms with van der Waals surface area (Å²) in [6.07, 6.45) is 0. The van der Waals surface area contributed by atoms with Crippen molar-refractivity contribution in [2.45, 2.75) is 6.92 Å². The van der Waals surface area contributed by atoms with Gasteiger partial charge in [0.25, 0.3) is 5.69 Å². The van der Waals surface area contributed by atoms with Crippen molar-refractivity contribution in [3.8, 4) is 11.8 Å². The average Bonchev–Trinajstić information content (AvgIpc) is 2.37. The molecule has 1 aromatic heterocycles. The molecule has 0 saturated heterocycles. The Morgan fingerprint density at radius 3 is 2.70 bits per heavy atom. The molecule has 0 unspecified atom stereocenters. The van der Waals surface area contributed by atoms with Crippen LogP contribution in [0.15, 0.2) is 18.2 Å². The molecule has 8 nitrogen and oxygen atoms in total. The molecule has 1 aromatic carbocycles. The number of nitro groups is 1. The Morgan fingerprint density at radius 1 is 1.35 bits per heavy atom. The van der Waals surface area contributed by atoms with Crippen LogP contribution in [0.4, 0.5) is 11.6 Å². The summed E-state index contributed by atoms with van der Waals surface area (Å²) >= 11 is 5.72. The van der Waals surface area contributed by atoms with Crippen molar-refractivity contribution in [1.29, 1.82) is 0 Å². The molecule has 0 radical (unpaired) electrons. The number of hydrogen-bond donors (Lipinski definition) is 1. The van der Waals surface area contributed by atoms with Crippen LogP contribution in [0.3, 0.4) is 0 Å². The highest BCUT2D eigenvalue weighted by Crippen LogP contribution is 2.26. The minimum absolute atomic E-state index is 0.00241. The molecular weight excluding hydrogens is 286 g/mol. The van der Waals surface area contributed by atoms with Gasteiger partial charge in [-0.2, -0.15) is 15.0 Å². The summed E-state index contributed by atoms with van der Waals surface area (Å²) in [6, 6.07) is 4.34. The number of nitrogens with zero attached hydrogens (tertiary/aromatic N) is 4. The lowest BCUT2D eigenvalue weighted by molar-refractivity contribution is -0.385. The van der Waals surface area contributed by atoms with Gasteiger partial charge in [-0.15, -0.1) is 0 Å². The van der Waals surface area contributed by atoms with Gasteiger partial charge in [0.15, 0.2) is 0 Å². The van der Waals surface area contributed by atoms with Crippen LogP contribution in [-0.4, -0.2) is 26.9 Å². The van der Waals surface area contributed by atoms with Crippen LogP contribution in [-0.2, 0) is 0 Å². The van der Waals surface area contributed by atoms with E-state index in [0.717, 1.165) is 0 Å². The number of nitro benzene ring substituents is 1. The van der Waals surface area contributed by atoms with Crippen molar-refractivity contribution in [3.05, 3.63) is 39.2 Å². The largest absolute Gasteiger partial charge is 0.424 e. The number of halogens is 1. The maximum absolute atomic E-state index is 10.7. The highest BCUT2D eigenvalue weighted by atomic mass is 35.5. The maximum atomic E-state index is 10.7. The van der Waals surface area contributed by atoms with Crippen molar-refractivity contribution in [3.63, 3.8) is 0 Å². The third kappa shape index (κ3) is 3.09. The summed E-state index contributed by atoms with van der Waals surface area (Å²) in [5, 5.41) is 13.4. The average molecular weight is 296 g/mol. The summed E-state index contributed by atoms with van der Waals surface area (Å²) in [5.74, 6) is 0.635. The van der Waals surface area contributed by atoms with Gasteiger partial charge in [-0.3, -0.25) is 10.1 Å². The van der Waals surface area contributed by atoms with E-state index in [1.165, 1.54) is 18.2 Å². The number of benzene rings is 1. The van der Waals surface area contributed by atoms with E-state index < -0.39 is 4.92 Å². The second-order valence-electron chi connectivity index (χ2n) is 3.77. The Bertz CT molecular complexity index is 665. The van der Waals surface area contributed by atoms with E-state index in [0.29, 0.717) is 11.3 Å². The van der Waals surface area contributed by atoms with Crippen molar-refractivity contribution in [2.24, 2.45) is 0 Å². The molecule has 9 heteroatoms. The zero-order valence-corrected chi connectivity index (χ0v) is 11.4. The normalized spacial score (nSPS) is 10.2. The molecular formula is C11H10ClN5O3. The Balaban J connectivity index is 2.28. The first-order valence-electron chi connectivity index (χ1n) is 5.52. The zero-order chi connectivity index (χ0) is 14.7. The predicted molar refractivity (Wildman–Crippen MR) is 72.3 cm³/mol. The van der Waals surface area contributed by atoms with Crippen LogP contribution in [0, 0.1) is 17.0 Å². The first-order chi connectivity index (χ1) is 9.49. The standard InChI is InChI=1S/C11H10ClN5O3/c1-6-5-7(3-4-8(6)17(18)19)20-11-15-9(12)14-10(13-2)16-11/h3-5H,1-2H3,(H,13,14,15,16). The first kappa shape index (κ1) is 13.9. The molecule has 2 rings (SSSR count). The minimum atomic E-state index is -0.460. The van der Waals surface area contributed by atoms with Crippen LogP contribution < -0.4 is 10.1 Å². The molecule has 0 fully saturated rings. The number of rotatable bonds is 4. The molecule has 0 saturated carbocycles. The third-order valence-corrected chi connectivity index (χ3v) is 2.55. The Kier molecular flexibility index (Phi) is 3.94. The maximum Gasteiger partial charge on any atom is 0.328 e. The number of aryl methyl sites for hydroxylation is 1. The molecule has 20 heavy (non-hydrogen) atoms. The summed E-state index contributed by atoms with van der Waals surface area (Å²) < 4.78 is 5.41. The van der Waals surface area contributed by atoms with Gasteiger partial charge in [-0.1, -0.05) is 0 Å². The number of nitrogens with one attached hydrogen (secondary N) is 1. The van der Waals surface area contributed by atoms with Crippen LogP contribution in [0.2, 0.25) is 5.28 Å². The SMILES string of the molecule is CNc1nc(Cl)nc(Oc2ccc([N+](=O)[O-])c(C)c2)n1. The van der Waals surface area contributed by atoms with Gasteiger partial charge >= 0.3 is 6.01 Å². The fraction of sp³-hybridized carbons (Fsp3) is 0.182. The van der Waals surface area contributed by atoms with E-state index >= 15 is 0 Å². The van der Waals surface area contributed by atoms with Gasteiger partial charge in [0.2, 0.25) is 11.2 Å². The van der Waals surface area contributed by atoms with Gasteiger partial charge in [0.05, 0.1) is 4.92 Å². The monoisotopic (exact) mass is 295 g/mol. The molecule has 0 spiro atoms. The van der Waals surface area contributed by atoms with E-state index in [1.807, 2.05) is 0 Å². The number of ether oxygens (including phenoxy) is 1. The van der Waals surface area contributed by atoms with Gasteiger partial charge in [0, 0.05) is 18.7 Å². The fourth-order valence-electron chi connectivity index (χ4n) is 1.49. The molecule has 0 aliphatic heterocycles. The summed E-state index contributed by atoms with van der Waals surface area (Å²) in [4.78, 5) is 21.8. The lowest BCUT2D eigenvalue weighted by atomic mass is 10.2. The molecule has 0 atom stereocenters. The van der Waals surface area contributed by atoms with Gasteiger partial charge in [0.1, 0.15) is 5.75 Å². The predicted octanol–water partition coefficient (Wildman–Crippen LogP) is 2.58. The lowest BCUT2D eigenvalue weighted by Crippen LogP contribution is -2.01. The highest BCUT2D eigenvalue weighted by molar-refractivity contribution is 6.28. The van der Waals surface area contributed by atoms with E-state index in [-0.39, 0.29) is 22.9 Å². The van der Waals surface area contributed by atoms with E-state index in [1.54, 1.807) is 14.0 Å². The number of aromatic nitrogens is 3. The Morgan fingerprint density at radius 2 is 2.10 bits per heavy atom. The highest BCUT2D eigenvalue weighted by Gasteiger charge is 2.12. The van der Waals surface area contributed by atoms with E-state index in [9.17, 15) is 10.1 Å². The van der Waals surface area contributed by atoms with Gasteiger partial charge in [-0.05, 0) is 30.7 Å². The van der Waals surface area contributed by atoms with E-state index in [2.05, 4.69) is 20.3 Å². The third-order valence-electron chi connectivity index (χ3n) is 2.39. The quantitative estimate of drug-likeness (QED) is 0.683. The Labute approximate surface area is 118 Å². The Hall–Kier alpha value is -2.48. The number of hydrogen-bond acceptors (Lipinski definition) is 7. The molecule has 1 N–H and O–H groups in total. The van der Waals surface area contributed by atoms with Crippen LogP contribution in [0.1, 0.15) is 5.56 Å². The van der Waals surface area contributed by atoms with Crippen LogP contribution in [0.5, 0.6) is 11.8 Å². The van der Waals surface area contributed by atoms with Crippen molar-refractivity contribution in [2.75, 3.05) is 12.4 Å². The molecule has 0 amide bonds. The summed E-state index contributed by atoms with van der Waals surface area (Å²) in [5.41, 5.74) is 0.489. The lowest BCUT2D eigenvalue weighted by Gasteiger charge is -2.06. The van der Waals surface area contributed by atoms with Crippen molar-refractivity contribution < 1.29 is 9.66 Å². The van der Waals surface area contributed by atoms with Gasteiger partial charge < -0.3 is 10.1 Å². The van der Waals surface area contributed by atoms with Crippen molar-refractivity contribution in [1.82, 2.24) is 15.0 Å². The zero-order valence-electron chi connectivity index (χ0n) is 10.6. The minimum Gasteiger partial charge on any atom is -0.424 e. The van der Waals surface area contributed by atoms with Crippen LogP contribution >= 0.6 is 11.6 Å². The second-order valence-corrected chi connectivity index (χ2v) is 4.11. The van der Waals surface area contributed by atoms with Gasteiger partial charge in [-0.25, -0.2) is 0 Å².